The van der Waals surface area contributed by atoms with Gasteiger partial charge in [0.15, 0.2) is 0 Å². The number of carbonyl (C=O) groups excluding carboxylic acids is 1. The number of hydrogen-bond donors (Lipinski definition) is 0. The molecule has 24 heavy (non-hydrogen) atoms. The topological polar surface area (TPSA) is 29.5 Å². The lowest BCUT2D eigenvalue weighted by Crippen LogP contribution is -2.32. The highest BCUT2D eigenvalue weighted by Crippen LogP contribution is 2.29. The largest absolute Gasteiger partial charge is 0.497 e. The Labute approximate surface area is 144 Å². The van der Waals surface area contributed by atoms with Gasteiger partial charge in [-0.05, 0) is 49.4 Å². The lowest BCUT2D eigenvalue weighted by atomic mass is 10.1. The first kappa shape index (κ1) is 16.6. The van der Waals surface area contributed by atoms with Crippen molar-refractivity contribution in [1.29, 1.82) is 0 Å². The molecule has 0 N–H and O–H groups in total. The third kappa shape index (κ3) is 4.38. The van der Waals surface area contributed by atoms with Crippen LogP contribution in [-0.4, -0.2) is 24.0 Å². The highest BCUT2D eigenvalue weighted by molar-refractivity contribution is 5.77. The zero-order valence-electron chi connectivity index (χ0n) is 14.5. The summed E-state index contributed by atoms with van der Waals surface area (Å²) in [6.45, 7) is 2.78. The van der Waals surface area contributed by atoms with Gasteiger partial charge >= 0.3 is 0 Å². The number of ether oxygens (including phenoxy) is 1. The van der Waals surface area contributed by atoms with Crippen LogP contribution in [0, 0.1) is 6.92 Å². The van der Waals surface area contributed by atoms with Crippen molar-refractivity contribution in [1.82, 2.24) is 4.90 Å². The molecule has 0 saturated heterocycles. The van der Waals surface area contributed by atoms with Crippen molar-refractivity contribution < 1.29 is 9.53 Å². The van der Waals surface area contributed by atoms with Gasteiger partial charge in [0.2, 0.25) is 5.91 Å². The third-order valence-electron chi connectivity index (χ3n) is 4.53. The molecule has 2 aromatic rings. The summed E-state index contributed by atoms with van der Waals surface area (Å²) >= 11 is 0. The van der Waals surface area contributed by atoms with Crippen LogP contribution in [0.15, 0.2) is 48.5 Å². The first-order chi connectivity index (χ1) is 11.7. The van der Waals surface area contributed by atoms with Crippen molar-refractivity contribution >= 4 is 5.91 Å². The summed E-state index contributed by atoms with van der Waals surface area (Å²) in [5.74, 6) is 1.11. The van der Waals surface area contributed by atoms with Crippen molar-refractivity contribution in [2.24, 2.45) is 0 Å². The Morgan fingerprint density at radius 3 is 2.50 bits per heavy atom. The first-order valence-electron chi connectivity index (χ1n) is 8.63. The number of benzene rings is 2. The molecule has 126 valence electrons. The predicted octanol–water partition coefficient (Wildman–Crippen LogP) is 4.13. The van der Waals surface area contributed by atoms with Gasteiger partial charge in [0.25, 0.3) is 0 Å². The number of methoxy groups -OCH3 is 1. The lowest BCUT2D eigenvalue weighted by Gasteiger charge is -2.23. The van der Waals surface area contributed by atoms with Gasteiger partial charge in [-0.3, -0.25) is 4.79 Å². The predicted molar refractivity (Wildman–Crippen MR) is 96.1 cm³/mol. The van der Waals surface area contributed by atoms with E-state index >= 15 is 0 Å². The van der Waals surface area contributed by atoms with Crippen LogP contribution in [0.25, 0.3) is 0 Å². The fraction of sp³-hybridized carbons (Fsp3) is 0.381. The standard InChI is InChI=1S/C21H25NO2/c1-16-4-3-5-17(14-16)8-13-21(23)22(19-9-10-19)15-18-6-11-20(24-2)12-7-18/h3-7,11-12,14,19H,8-10,13,15H2,1-2H3. The van der Waals surface area contributed by atoms with E-state index in [4.69, 9.17) is 4.74 Å². The van der Waals surface area contributed by atoms with Gasteiger partial charge in [0, 0.05) is 19.0 Å². The fourth-order valence-corrected chi connectivity index (χ4v) is 3.00. The van der Waals surface area contributed by atoms with Crippen molar-refractivity contribution in [3.8, 4) is 5.75 Å². The highest BCUT2D eigenvalue weighted by Gasteiger charge is 2.32. The average molecular weight is 323 g/mol. The molecule has 1 aliphatic rings. The van der Waals surface area contributed by atoms with Crippen LogP contribution < -0.4 is 4.74 Å². The Morgan fingerprint density at radius 1 is 1.12 bits per heavy atom. The quantitative estimate of drug-likeness (QED) is 0.767. The molecule has 3 rings (SSSR count). The van der Waals surface area contributed by atoms with Crippen LogP contribution in [0.2, 0.25) is 0 Å². The Morgan fingerprint density at radius 2 is 1.88 bits per heavy atom. The van der Waals surface area contributed by atoms with Gasteiger partial charge in [-0.2, -0.15) is 0 Å². The summed E-state index contributed by atoms with van der Waals surface area (Å²) in [6, 6.07) is 16.8. The molecule has 2 aromatic carbocycles. The van der Waals surface area contributed by atoms with E-state index in [1.54, 1.807) is 7.11 Å². The molecular formula is C21H25NO2. The minimum Gasteiger partial charge on any atom is -0.497 e. The molecule has 1 saturated carbocycles. The molecule has 0 heterocycles. The van der Waals surface area contributed by atoms with Crippen LogP contribution in [0.4, 0.5) is 0 Å². The second kappa shape index (κ2) is 7.52. The SMILES string of the molecule is COc1ccc(CN(C(=O)CCc2cccc(C)c2)C2CC2)cc1. The monoisotopic (exact) mass is 323 g/mol. The van der Waals surface area contributed by atoms with Gasteiger partial charge in [-0.25, -0.2) is 0 Å². The minimum atomic E-state index is 0.259. The first-order valence-corrected chi connectivity index (χ1v) is 8.63. The zero-order valence-corrected chi connectivity index (χ0v) is 14.5. The summed E-state index contributed by atoms with van der Waals surface area (Å²) in [6.07, 6.45) is 3.65. The summed E-state index contributed by atoms with van der Waals surface area (Å²) < 4.78 is 5.20. The van der Waals surface area contributed by atoms with Crippen LogP contribution in [0.1, 0.15) is 36.0 Å². The van der Waals surface area contributed by atoms with E-state index in [9.17, 15) is 4.79 Å². The van der Waals surface area contributed by atoms with E-state index < -0.39 is 0 Å². The second-order valence-corrected chi connectivity index (χ2v) is 6.59. The van der Waals surface area contributed by atoms with Gasteiger partial charge in [-0.15, -0.1) is 0 Å². The maximum Gasteiger partial charge on any atom is 0.223 e. The summed E-state index contributed by atoms with van der Waals surface area (Å²) in [4.78, 5) is 14.8. The molecule has 0 bridgehead atoms. The van der Waals surface area contributed by atoms with Crippen molar-refractivity contribution in [3.63, 3.8) is 0 Å². The Bertz CT molecular complexity index is 689. The fourth-order valence-electron chi connectivity index (χ4n) is 3.00. The normalized spacial score (nSPS) is 13.6. The van der Waals surface area contributed by atoms with E-state index in [0.717, 1.165) is 30.6 Å². The molecule has 0 aromatic heterocycles. The van der Waals surface area contributed by atoms with Crippen LogP contribution in [-0.2, 0) is 17.8 Å². The summed E-state index contributed by atoms with van der Waals surface area (Å²) in [5.41, 5.74) is 3.65. The molecule has 1 aliphatic carbocycles. The number of amides is 1. The molecule has 1 fully saturated rings. The third-order valence-corrected chi connectivity index (χ3v) is 4.53. The number of hydrogen-bond acceptors (Lipinski definition) is 2. The highest BCUT2D eigenvalue weighted by atomic mass is 16.5. The van der Waals surface area contributed by atoms with Gasteiger partial charge < -0.3 is 9.64 Å². The molecule has 0 spiro atoms. The second-order valence-electron chi connectivity index (χ2n) is 6.59. The van der Waals surface area contributed by atoms with Crippen molar-refractivity contribution in [2.45, 2.75) is 45.2 Å². The number of carbonyl (C=O) groups is 1. The Hall–Kier alpha value is -2.29. The molecular weight excluding hydrogens is 298 g/mol. The molecule has 0 unspecified atom stereocenters. The van der Waals surface area contributed by atoms with E-state index in [2.05, 4.69) is 36.1 Å². The molecule has 3 nitrogen and oxygen atoms in total. The number of rotatable bonds is 7. The van der Waals surface area contributed by atoms with Crippen LogP contribution in [0.3, 0.4) is 0 Å². The van der Waals surface area contributed by atoms with Gasteiger partial charge in [0.1, 0.15) is 5.75 Å². The molecule has 3 heteroatoms. The average Bonchev–Trinajstić information content (AvgIpc) is 3.43. The van der Waals surface area contributed by atoms with Crippen LogP contribution >= 0.6 is 0 Å². The molecule has 0 radical (unpaired) electrons. The smallest absolute Gasteiger partial charge is 0.223 e. The van der Waals surface area contributed by atoms with Crippen molar-refractivity contribution in [2.75, 3.05) is 7.11 Å². The van der Waals surface area contributed by atoms with Crippen LogP contribution in [0.5, 0.6) is 5.75 Å². The van der Waals surface area contributed by atoms with Crippen molar-refractivity contribution in [3.05, 3.63) is 65.2 Å². The van der Waals surface area contributed by atoms with E-state index in [1.807, 2.05) is 24.3 Å². The maximum absolute atomic E-state index is 12.7. The lowest BCUT2D eigenvalue weighted by molar-refractivity contribution is -0.132. The number of aryl methyl sites for hydroxylation is 2. The minimum absolute atomic E-state index is 0.259. The molecule has 0 atom stereocenters. The number of nitrogens with zero attached hydrogens (tertiary/aromatic N) is 1. The Kier molecular flexibility index (Phi) is 5.19. The maximum atomic E-state index is 12.7. The van der Waals surface area contributed by atoms with E-state index in [0.29, 0.717) is 19.0 Å². The summed E-state index contributed by atoms with van der Waals surface area (Å²) in [5, 5.41) is 0. The Balaban J connectivity index is 1.61. The molecule has 1 amide bonds. The summed E-state index contributed by atoms with van der Waals surface area (Å²) in [7, 11) is 1.67. The zero-order chi connectivity index (χ0) is 16.9. The van der Waals surface area contributed by atoms with Gasteiger partial charge in [-0.1, -0.05) is 42.0 Å². The van der Waals surface area contributed by atoms with E-state index in [-0.39, 0.29) is 5.91 Å². The molecule has 0 aliphatic heterocycles. The van der Waals surface area contributed by atoms with E-state index in [1.165, 1.54) is 11.1 Å². The van der Waals surface area contributed by atoms with Gasteiger partial charge in [0.05, 0.1) is 7.11 Å².